The maximum Gasteiger partial charge on any atom is 0.333 e. The summed E-state index contributed by atoms with van der Waals surface area (Å²) < 4.78 is 68.7. The molecule has 1 rings (SSSR count). The summed E-state index contributed by atoms with van der Waals surface area (Å²) in [5.41, 5.74) is 1.90. The molecule has 1 fully saturated rings. The van der Waals surface area contributed by atoms with Crippen LogP contribution in [0.5, 0.6) is 0 Å². The highest BCUT2D eigenvalue weighted by Gasteiger charge is 2.24. The van der Waals surface area contributed by atoms with Gasteiger partial charge in [0.25, 0.3) is 0 Å². The van der Waals surface area contributed by atoms with Crippen LogP contribution in [-0.2, 0) is 138 Å². The number of hydrogen-bond acceptors (Lipinski definition) is 35. The number of esters is 13. The third kappa shape index (κ3) is 70.8. The van der Waals surface area contributed by atoms with E-state index in [1.54, 1.807) is 6.92 Å². The summed E-state index contributed by atoms with van der Waals surface area (Å²) >= 11 is 0. The van der Waals surface area contributed by atoms with Gasteiger partial charge in [-0.25, -0.2) is 33.6 Å². The van der Waals surface area contributed by atoms with Crippen molar-refractivity contribution in [1.29, 1.82) is 0 Å². The second-order valence-electron chi connectivity index (χ2n) is 25.0. The molecule has 0 aromatic heterocycles. The smallest absolute Gasteiger partial charge is 0.333 e. The topological polar surface area (TPSA) is 550 Å². The fourth-order valence-electron chi connectivity index (χ4n) is 6.95. The Bertz CT molecular complexity index is 2950. The van der Waals surface area contributed by atoms with Gasteiger partial charge in [-0.1, -0.05) is 46.1 Å². The predicted octanol–water partition coefficient (Wildman–Crippen LogP) is 4.17. The Kier molecular flexibility index (Phi) is 65.4. The lowest BCUT2D eigenvalue weighted by molar-refractivity contribution is -0.156. The second kappa shape index (κ2) is 67.6. The summed E-state index contributed by atoms with van der Waals surface area (Å²) in [6.45, 7) is 33.7. The standard InChI is InChI=1S/3C21H32O10.C8H12O3.C5H8O4/c1-14(2)20(26)28-10-8-16(23)13-30-18(24)6-5-7-19(25)31-17(12-22)9-11-29-21(27)15(3)4;1-14(2)20(26)28-10-8-16(22)12-30-18(24)6-5-7-19(25)31-13-17(23)9-11-29-21(27)15(3)4;1-14(2)20(26)28-10-8-16(12-22)30-18(24)6-5-7-19(25)31-17(13-23)9-11-29-21(27)15(3)4;1-6(2)8(9)10-4-3-7-5-11-7;6-4(7)2-1-3-5(8)9/h3*16-17,22-23H,1,3,5-13H2,2,4H3;7H,1,3-5H2,2H3;1-3H2,(H,6,7)(H,8,9). The number of carbonyl (C=O) groups excluding carboxylic acids is 13. The molecule has 37 heteroatoms. The summed E-state index contributed by atoms with van der Waals surface area (Å²) in [7, 11) is 0. The number of carboxylic acid groups (broad SMARTS) is 2. The maximum atomic E-state index is 11.8. The molecular weight excluding hydrogens is 1500 g/mol. The lowest BCUT2D eigenvalue weighted by atomic mass is 10.2. The largest absolute Gasteiger partial charge is 0.481 e. The van der Waals surface area contributed by atoms with Crippen molar-refractivity contribution < 1.29 is 179 Å². The molecule has 113 heavy (non-hydrogen) atoms. The van der Waals surface area contributed by atoms with Crippen molar-refractivity contribution >= 4 is 89.5 Å². The van der Waals surface area contributed by atoms with Crippen molar-refractivity contribution in [3.63, 3.8) is 0 Å². The van der Waals surface area contributed by atoms with Gasteiger partial charge in [-0.15, -0.1) is 0 Å². The molecule has 1 saturated heterocycles. The molecule has 7 atom stereocenters. The summed E-state index contributed by atoms with van der Waals surface area (Å²) in [5.74, 6) is -9.25. The highest BCUT2D eigenvalue weighted by molar-refractivity contribution is 5.89. The van der Waals surface area contributed by atoms with Crippen molar-refractivity contribution in [2.45, 2.75) is 213 Å². The van der Waals surface area contributed by atoms with Crippen LogP contribution in [0.3, 0.4) is 0 Å². The van der Waals surface area contributed by atoms with Gasteiger partial charge in [-0.2, -0.15) is 0 Å². The number of rotatable bonds is 56. The van der Waals surface area contributed by atoms with Crippen LogP contribution in [0.2, 0.25) is 0 Å². The van der Waals surface area contributed by atoms with E-state index in [4.69, 9.17) is 76.5 Å². The van der Waals surface area contributed by atoms with E-state index in [9.17, 15) is 103 Å². The molecule has 0 bridgehead atoms. The second-order valence-corrected chi connectivity index (χ2v) is 25.0. The fourth-order valence-corrected chi connectivity index (χ4v) is 6.95. The number of aliphatic hydroxyl groups excluding tert-OH is 6. The first kappa shape index (κ1) is 109. The van der Waals surface area contributed by atoms with E-state index >= 15 is 0 Å². The van der Waals surface area contributed by atoms with Crippen LogP contribution in [0.25, 0.3) is 0 Å². The summed E-state index contributed by atoms with van der Waals surface area (Å²) in [5, 5.41) is 72.9. The van der Waals surface area contributed by atoms with Gasteiger partial charge in [0, 0.05) is 135 Å². The first-order chi connectivity index (χ1) is 53.0. The SMILES string of the molecule is C=C(C)C(=O)OCCC(CO)OC(=O)CCCC(=O)OC(CO)CCOC(=O)C(=C)C.C=C(C)C(=O)OCCC(O)COC(=O)CCCC(=O)OC(CO)CCOC(=O)C(=C)C.C=C(C)C(=O)OCCC(O)COC(=O)CCCC(=O)OCC(O)CCOC(=O)C(=C)C.C=C(C)C(=O)OCCC1CO1.O=C(O)CCCC(=O)O. The minimum Gasteiger partial charge on any atom is -0.481 e. The first-order valence-corrected chi connectivity index (χ1v) is 35.8. The molecule has 0 aromatic carbocycles. The normalized spacial score (nSPS) is 12.8. The van der Waals surface area contributed by atoms with Crippen LogP contribution in [0.4, 0.5) is 0 Å². The van der Waals surface area contributed by atoms with E-state index < -0.39 is 140 Å². The van der Waals surface area contributed by atoms with E-state index in [-0.39, 0.29) is 214 Å². The molecule has 0 aromatic rings. The third-order valence-electron chi connectivity index (χ3n) is 13.5. The van der Waals surface area contributed by atoms with Crippen LogP contribution in [0.15, 0.2) is 85.1 Å². The monoisotopic (exact) mass is 1620 g/mol. The van der Waals surface area contributed by atoms with Crippen LogP contribution in [0.1, 0.15) is 170 Å². The van der Waals surface area contributed by atoms with Crippen molar-refractivity contribution in [2.75, 3.05) is 92.5 Å². The lowest BCUT2D eigenvalue weighted by Gasteiger charge is -2.16. The van der Waals surface area contributed by atoms with Gasteiger partial charge in [-0.05, 0) is 74.1 Å². The maximum absolute atomic E-state index is 11.8. The number of aliphatic carboxylic acids is 2. The van der Waals surface area contributed by atoms with Gasteiger partial charge < -0.3 is 107 Å². The van der Waals surface area contributed by atoms with E-state index in [0.717, 1.165) is 13.0 Å². The third-order valence-corrected chi connectivity index (χ3v) is 13.5. The summed E-state index contributed by atoms with van der Waals surface area (Å²) in [6, 6.07) is 0. The molecule has 1 aliphatic rings. The number of epoxide rings is 1. The van der Waals surface area contributed by atoms with Crippen molar-refractivity contribution in [3.8, 4) is 0 Å². The Balaban J connectivity index is -0.000000699. The highest BCUT2D eigenvalue weighted by Crippen LogP contribution is 2.14. The number of carboxylic acids is 2. The minimum absolute atomic E-state index is 0.0293. The zero-order chi connectivity index (χ0) is 87.0. The van der Waals surface area contributed by atoms with Crippen LogP contribution >= 0.6 is 0 Å². The summed E-state index contributed by atoms with van der Waals surface area (Å²) in [4.78, 5) is 168. The molecular formula is C76H116O37. The molecule has 1 aliphatic heterocycles. The Morgan fingerprint density at radius 3 is 0.699 bits per heavy atom. The molecule has 37 nitrogen and oxygen atoms in total. The molecule has 0 saturated carbocycles. The molecule has 0 aliphatic carbocycles. The molecule has 642 valence electrons. The number of hydrogen-bond donors (Lipinski definition) is 8. The van der Waals surface area contributed by atoms with Crippen LogP contribution in [-0.4, -0.2) is 266 Å². The molecule has 1 heterocycles. The van der Waals surface area contributed by atoms with E-state index in [1.165, 1.54) is 41.5 Å². The zero-order valence-electron chi connectivity index (χ0n) is 65.7. The molecule has 0 spiro atoms. The Hall–Kier alpha value is -10.1. The van der Waals surface area contributed by atoms with E-state index in [0.29, 0.717) is 18.3 Å². The summed E-state index contributed by atoms with van der Waals surface area (Å²) in [6.07, 6.45) is -3.48. The average Bonchev–Trinajstić information content (AvgIpc) is 1.82. The van der Waals surface area contributed by atoms with Crippen molar-refractivity contribution in [1.82, 2.24) is 0 Å². The lowest BCUT2D eigenvalue weighted by Crippen LogP contribution is -2.25. The Labute approximate surface area is 657 Å². The zero-order valence-corrected chi connectivity index (χ0v) is 65.7. The minimum atomic E-state index is -0.990. The molecule has 8 N–H and O–H groups in total. The van der Waals surface area contributed by atoms with Gasteiger partial charge >= 0.3 is 89.5 Å². The van der Waals surface area contributed by atoms with Gasteiger partial charge in [0.15, 0.2) is 0 Å². The van der Waals surface area contributed by atoms with E-state index in [2.05, 4.69) is 46.1 Å². The highest BCUT2D eigenvalue weighted by atomic mass is 16.6. The van der Waals surface area contributed by atoms with Crippen molar-refractivity contribution in [2.24, 2.45) is 0 Å². The quantitative estimate of drug-likeness (QED) is 0.0183. The van der Waals surface area contributed by atoms with Gasteiger partial charge in [0.05, 0.1) is 97.1 Å². The average molecular weight is 1620 g/mol. The Morgan fingerprint density at radius 1 is 0.310 bits per heavy atom. The van der Waals surface area contributed by atoms with Crippen LogP contribution < -0.4 is 0 Å². The Morgan fingerprint density at radius 2 is 0.504 bits per heavy atom. The van der Waals surface area contributed by atoms with E-state index in [1.807, 2.05) is 0 Å². The van der Waals surface area contributed by atoms with Crippen molar-refractivity contribution in [3.05, 3.63) is 85.1 Å². The molecule has 7 unspecified atom stereocenters. The number of carbonyl (C=O) groups is 15. The van der Waals surface area contributed by atoms with Gasteiger partial charge in [0.1, 0.15) is 38.1 Å². The molecule has 0 radical (unpaired) electrons. The predicted molar refractivity (Wildman–Crippen MR) is 395 cm³/mol. The fraction of sp³-hybridized carbons (Fsp3) is 0.618. The van der Waals surface area contributed by atoms with Crippen LogP contribution in [0, 0.1) is 0 Å². The first-order valence-electron chi connectivity index (χ1n) is 35.8. The number of aliphatic hydroxyl groups is 6. The molecule has 0 amide bonds. The van der Waals surface area contributed by atoms with Gasteiger partial charge in [-0.3, -0.25) is 38.4 Å². The number of ether oxygens (including phenoxy) is 14. The van der Waals surface area contributed by atoms with Gasteiger partial charge in [0.2, 0.25) is 0 Å².